The summed E-state index contributed by atoms with van der Waals surface area (Å²) in [6.07, 6.45) is 3.82. The molecule has 0 atom stereocenters. The molecule has 5 nitrogen and oxygen atoms in total. The Hall–Kier alpha value is -4.78. The number of halogens is 2. The van der Waals surface area contributed by atoms with E-state index in [-0.39, 0.29) is 12.2 Å². The van der Waals surface area contributed by atoms with E-state index in [1.165, 1.54) is 31.4 Å². The Bertz CT molecular complexity index is 1540. The average molecular weight is 512 g/mol. The third-order valence-corrected chi connectivity index (χ3v) is 6.24. The number of pyridine rings is 1. The first-order valence-electron chi connectivity index (χ1n) is 11.9. The first kappa shape index (κ1) is 24.9. The summed E-state index contributed by atoms with van der Waals surface area (Å²) in [5.74, 6) is -0.193. The maximum Gasteiger partial charge on any atom is 0.307 e. The molecule has 0 radical (unpaired) electrons. The van der Waals surface area contributed by atoms with E-state index in [9.17, 15) is 18.7 Å². The van der Waals surface area contributed by atoms with Gasteiger partial charge in [0.2, 0.25) is 5.88 Å². The van der Waals surface area contributed by atoms with E-state index >= 15 is 0 Å². The van der Waals surface area contributed by atoms with Crippen molar-refractivity contribution in [2.24, 2.45) is 0 Å². The zero-order valence-electron chi connectivity index (χ0n) is 20.4. The number of carbonyl (C=O) groups is 1. The SMILES string of the molecule is COc1ccc(CC2=C(CC(=O)O)c3cc(F)ccc3/C2=C\c2ccc(Oc3ccc(F)cc3)cc2)cn1. The van der Waals surface area contributed by atoms with Crippen molar-refractivity contribution in [3.63, 3.8) is 0 Å². The summed E-state index contributed by atoms with van der Waals surface area (Å²) in [5, 5.41) is 9.65. The highest BCUT2D eigenvalue weighted by molar-refractivity contribution is 6.08. The van der Waals surface area contributed by atoms with Crippen LogP contribution in [0.2, 0.25) is 0 Å². The molecule has 190 valence electrons. The third-order valence-electron chi connectivity index (χ3n) is 6.24. The van der Waals surface area contributed by atoms with Crippen molar-refractivity contribution in [2.45, 2.75) is 12.8 Å². The van der Waals surface area contributed by atoms with E-state index in [0.717, 1.165) is 27.8 Å². The van der Waals surface area contributed by atoms with Gasteiger partial charge in [-0.1, -0.05) is 24.3 Å². The standard InChI is InChI=1S/C31H23F2NO4/c1-37-30-13-4-20(18-34-30)15-27-26(25-12-7-22(33)16-28(25)29(27)17-31(35)36)14-19-2-8-23(9-3-19)38-24-10-5-21(32)6-11-24/h2-14,16,18H,15,17H2,1H3,(H,35,36)/b26-14+. The smallest absolute Gasteiger partial charge is 0.307 e. The predicted molar refractivity (Wildman–Crippen MR) is 141 cm³/mol. The number of hydrogen-bond donors (Lipinski definition) is 1. The largest absolute Gasteiger partial charge is 0.481 e. The highest BCUT2D eigenvalue weighted by Crippen LogP contribution is 2.45. The molecule has 0 saturated heterocycles. The lowest BCUT2D eigenvalue weighted by Gasteiger charge is -2.11. The Kier molecular flexibility index (Phi) is 7.00. The summed E-state index contributed by atoms with van der Waals surface area (Å²) in [4.78, 5) is 16.1. The number of fused-ring (bicyclic) bond motifs is 1. The van der Waals surface area contributed by atoms with Crippen molar-refractivity contribution in [3.8, 4) is 17.4 Å². The highest BCUT2D eigenvalue weighted by atomic mass is 19.1. The van der Waals surface area contributed by atoms with Gasteiger partial charge in [-0.2, -0.15) is 0 Å². The molecule has 0 amide bonds. The van der Waals surface area contributed by atoms with Crippen LogP contribution in [-0.4, -0.2) is 23.2 Å². The Labute approximate surface area is 218 Å². The van der Waals surface area contributed by atoms with Crippen LogP contribution in [0, 0.1) is 11.6 Å². The molecule has 3 aromatic carbocycles. The number of benzene rings is 3. The zero-order valence-corrected chi connectivity index (χ0v) is 20.4. The van der Waals surface area contributed by atoms with Crippen molar-refractivity contribution >= 4 is 23.2 Å². The van der Waals surface area contributed by atoms with Crippen molar-refractivity contribution < 1.29 is 28.2 Å². The number of nitrogens with zero attached hydrogens (tertiary/aromatic N) is 1. The van der Waals surface area contributed by atoms with Crippen LogP contribution in [0.1, 0.15) is 28.7 Å². The summed E-state index contributed by atoms with van der Waals surface area (Å²) in [6.45, 7) is 0. The fourth-order valence-corrected chi connectivity index (χ4v) is 4.49. The van der Waals surface area contributed by atoms with Crippen LogP contribution < -0.4 is 9.47 Å². The number of aliphatic carboxylic acids is 1. The maximum absolute atomic E-state index is 14.3. The number of carboxylic acids is 1. The first-order chi connectivity index (χ1) is 18.4. The molecule has 0 unspecified atom stereocenters. The molecule has 7 heteroatoms. The Morgan fingerprint density at radius 2 is 1.55 bits per heavy atom. The van der Waals surface area contributed by atoms with Gasteiger partial charge in [0, 0.05) is 12.3 Å². The molecule has 0 bridgehead atoms. The first-order valence-corrected chi connectivity index (χ1v) is 11.9. The van der Waals surface area contributed by atoms with E-state index in [0.29, 0.717) is 34.9 Å². The molecule has 0 saturated carbocycles. The second kappa shape index (κ2) is 10.7. The number of rotatable bonds is 8. The van der Waals surface area contributed by atoms with Crippen LogP contribution in [0.4, 0.5) is 8.78 Å². The van der Waals surface area contributed by atoms with Gasteiger partial charge in [-0.3, -0.25) is 4.79 Å². The molecule has 1 aliphatic rings. The van der Waals surface area contributed by atoms with Crippen LogP contribution in [0.5, 0.6) is 17.4 Å². The van der Waals surface area contributed by atoms with E-state index in [2.05, 4.69) is 4.98 Å². The molecule has 0 spiro atoms. The lowest BCUT2D eigenvalue weighted by molar-refractivity contribution is -0.135. The van der Waals surface area contributed by atoms with Crippen molar-refractivity contribution in [3.05, 3.63) is 125 Å². The van der Waals surface area contributed by atoms with Crippen LogP contribution in [0.3, 0.4) is 0 Å². The summed E-state index contributed by atoms with van der Waals surface area (Å²) in [5.41, 5.74) is 5.25. The monoisotopic (exact) mass is 511 g/mol. The highest BCUT2D eigenvalue weighted by Gasteiger charge is 2.28. The molecule has 5 rings (SSSR count). The van der Waals surface area contributed by atoms with Gasteiger partial charge in [0.15, 0.2) is 0 Å². The number of aromatic nitrogens is 1. The van der Waals surface area contributed by atoms with E-state index in [1.807, 2.05) is 24.3 Å². The number of ether oxygens (including phenoxy) is 2. The lowest BCUT2D eigenvalue weighted by Crippen LogP contribution is -2.00. The van der Waals surface area contributed by atoms with Gasteiger partial charge in [-0.15, -0.1) is 0 Å². The van der Waals surface area contributed by atoms with Gasteiger partial charge < -0.3 is 14.6 Å². The Balaban J connectivity index is 1.53. The van der Waals surface area contributed by atoms with Gasteiger partial charge >= 0.3 is 5.97 Å². The minimum atomic E-state index is -0.996. The van der Waals surface area contributed by atoms with Crippen LogP contribution in [0.15, 0.2) is 90.6 Å². The predicted octanol–water partition coefficient (Wildman–Crippen LogP) is 7.19. The van der Waals surface area contributed by atoms with Crippen LogP contribution in [0.25, 0.3) is 17.2 Å². The van der Waals surface area contributed by atoms with Gasteiger partial charge in [0.05, 0.1) is 13.5 Å². The summed E-state index contributed by atoms with van der Waals surface area (Å²) in [6, 6.07) is 21.2. The second-order valence-electron chi connectivity index (χ2n) is 8.79. The molecule has 1 aliphatic carbocycles. The normalized spacial score (nSPS) is 13.5. The van der Waals surface area contributed by atoms with Gasteiger partial charge in [0.1, 0.15) is 23.1 Å². The van der Waals surface area contributed by atoms with Crippen LogP contribution in [-0.2, 0) is 11.2 Å². The number of hydrogen-bond acceptors (Lipinski definition) is 4. The second-order valence-corrected chi connectivity index (χ2v) is 8.79. The Morgan fingerprint density at radius 3 is 2.18 bits per heavy atom. The van der Waals surface area contributed by atoms with Crippen molar-refractivity contribution in [1.82, 2.24) is 4.98 Å². The van der Waals surface area contributed by atoms with Gasteiger partial charge in [-0.25, -0.2) is 13.8 Å². The van der Waals surface area contributed by atoms with E-state index in [4.69, 9.17) is 9.47 Å². The van der Waals surface area contributed by atoms with Crippen LogP contribution >= 0.6 is 0 Å². The minimum absolute atomic E-state index is 0.239. The van der Waals surface area contributed by atoms with Gasteiger partial charge in [-0.05, 0) is 100 Å². The fourth-order valence-electron chi connectivity index (χ4n) is 4.49. The molecular weight excluding hydrogens is 488 g/mol. The number of carboxylic acid groups (broad SMARTS) is 1. The minimum Gasteiger partial charge on any atom is -0.481 e. The fraction of sp³-hybridized carbons (Fsp3) is 0.0968. The summed E-state index contributed by atoms with van der Waals surface area (Å²) in [7, 11) is 1.54. The molecule has 1 N–H and O–H groups in total. The quantitative estimate of drug-likeness (QED) is 0.271. The van der Waals surface area contributed by atoms with Gasteiger partial charge in [0.25, 0.3) is 0 Å². The summed E-state index contributed by atoms with van der Waals surface area (Å²) < 4.78 is 38.4. The maximum atomic E-state index is 14.3. The molecule has 0 fully saturated rings. The molecular formula is C31H23F2NO4. The lowest BCUT2D eigenvalue weighted by atomic mass is 9.95. The number of methoxy groups -OCH3 is 1. The summed E-state index contributed by atoms with van der Waals surface area (Å²) >= 11 is 0. The zero-order chi connectivity index (χ0) is 26.6. The number of allylic oxidation sites excluding steroid dienone is 2. The average Bonchev–Trinajstić information content (AvgIpc) is 3.17. The molecule has 38 heavy (non-hydrogen) atoms. The van der Waals surface area contributed by atoms with E-state index < -0.39 is 11.8 Å². The molecule has 1 heterocycles. The third kappa shape index (κ3) is 5.47. The molecule has 1 aromatic heterocycles. The van der Waals surface area contributed by atoms with Crippen molar-refractivity contribution in [1.29, 1.82) is 0 Å². The topological polar surface area (TPSA) is 68.7 Å². The van der Waals surface area contributed by atoms with E-state index in [1.54, 1.807) is 42.6 Å². The molecule has 4 aromatic rings. The Morgan fingerprint density at radius 1 is 0.868 bits per heavy atom. The molecule has 0 aliphatic heterocycles. The van der Waals surface area contributed by atoms with Crippen molar-refractivity contribution in [2.75, 3.05) is 7.11 Å².